The van der Waals surface area contributed by atoms with Crippen molar-refractivity contribution in [3.8, 4) is 27.6 Å². The molecule has 0 spiro atoms. The van der Waals surface area contributed by atoms with Crippen LogP contribution < -0.4 is 4.74 Å². The van der Waals surface area contributed by atoms with Gasteiger partial charge in [0.25, 0.3) is 0 Å². The third kappa shape index (κ3) is 2.64. The number of methoxy groups -OCH3 is 1. The van der Waals surface area contributed by atoms with Gasteiger partial charge >= 0.3 is 0 Å². The lowest BCUT2D eigenvalue weighted by Crippen LogP contribution is -1.90. The van der Waals surface area contributed by atoms with Crippen LogP contribution in [0.5, 0.6) is 5.75 Å². The Kier molecular flexibility index (Phi) is 3.66. The Morgan fingerprint density at radius 3 is 2.48 bits per heavy atom. The summed E-state index contributed by atoms with van der Waals surface area (Å²) in [6.45, 7) is 0. The van der Waals surface area contributed by atoms with Gasteiger partial charge in [0.1, 0.15) is 22.4 Å². The second-order valence-corrected chi connectivity index (χ2v) is 5.22. The van der Waals surface area contributed by atoms with Gasteiger partial charge in [-0.3, -0.25) is 0 Å². The molecule has 2 aromatic carbocycles. The van der Waals surface area contributed by atoms with Gasteiger partial charge in [0.2, 0.25) is 0 Å². The van der Waals surface area contributed by atoms with Gasteiger partial charge in [-0.2, -0.15) is 0 Å². The van der Waals surface area contributed by atoms with Crippen molar-refractivity contribution < 1.29 is 13.5 Å². The van der Waals surface area contributed by atoms with E-state index in [9.17, 15) is 8.78 Å². The number of thiazole rings is 1. The lowest BCUT2D eigenvalue weighted by atomic mass is 10.1. The van der Waals surface area contributed by atoms with E-state index in [2.05, 4.69) is 4.98 Å². The molecule has 0 unspecified atom stereocenters. The Labute approximate surface area is 124 Å². The maximum Gasteiger partial charge on any atom is 0.135 e. The van der Waals surface area contributed by atoms with E-state index >= 15 is 0 Å². The molecule has 0 saturated carbocycles. The maximum atomic E-state index is 13.8. The molecule has 0 fully saturated rings. The molecule has 3 aromatic rings. The molecule has 0 aliphatic rings. The summed E-state index contributed by atoms with van der Waals surface area (Å²) in [5.74, 6) is -0.517. The number of hydrogen-bond donors (Lipinski definition) is 0. The first-order valence-corrected chi connectivity index (χ1v) is 7.11. The summed E-state index contributed by atoms with van der Waals surface area (Å²) in [6.07, 6.45) is 0. The minimum Gasteiger partial charge on any atom is -0.497 e. The van der Waals surface area contributed by atoms with Gasteiger partial charge in [-0.15, -0.1) is 11.3 Å². The highest BCUT2D eigenvalue weighted by atomic mass is 32.1. The maximum absolute atomic E-state index is 13.8. The summed E-state index contributed by atoms with van der Waals surface area (Å²) >= 11 is 1.33. The Morgan fingerprint density at radius 1 is 1.05 bits per heavy atom. The second kappa shape index (κ2) is 5.61. The molecule has 1 aromatic heterocycles. The third-order valence-corrected chi connectivity index (χ3v) is 3.93. The molecule has 0 amide bonds. The summed E-state index contributed by atoms with van der Waals surface area (Å²) in [4.78, 5) is 4.33. The summed E-state index contributed by atoms with van der Waals surface area (Å²) < 4.78 is 32.7. The lowest BCUT2D eigenvalue weighted by Gasteiger charge is -2.02. The van der Waals surface area contributed by atoms with Gasteiger partial charge in [-0.05, 0) is 24.3 Å². The second-order valence-electron chi connectivity index (χ2n) is 4.37. The quantitative estimate of drug-likeness (QED) is 0.695. The smallest absolute Gasteiger partial charge is 0.135 e. The molecular formula is C16H11F2NOS. The molecule has 1 heterocycles. The molecule has 3 rings (SSSR count). The number of rotatable bonds is 3. The van der Waals surface area contributed by atoms with Crippen molar-refractivity contribution in [1.82, 2.24) is 4.98 Å². The van der Waals surface area contributed by atoms with E-state index in [1.807, 2.05) is 24.3 Å². The Hall–Kier alpha value is -2.27. The Balaban J connectivity index is 2.04. The fourth-order valence-corrected chi connectivity index (χ4v) is 2.83. The summed E-state index contributed by atoms with van der Waals surface area (Å²) in [7, 11) is 1.58. The molecule has 0 radical (unpaired) electrons. The van der Waals surface area contributed by atoms with Crippen LogP contribution in [0.3, 0.4) is 0 Å². The van der Waals surface area contributed by atoms with Crippen LogP contribution in [0, 0.1) is 11.6 Å². The van der Waals surface area contributed by atoms with Gasteiger partial charge in [0, 0.05) is 10.9 Å². The highest BCUT2D eigenvalue weighted by molar-refractivity contribution is 7.13. The largest absolute Gasteiger partial charge is 0.497 e. The molecule has 21 heavy (non-hydrogen) atoms. The fourth-order valence-electron chi connectivity index (χ4n) is 2.02. The van der Waals surface area contributed by atoms with Gasteiger partial charge in [-0.1, -0.05) is 18.2 Å². The van der Waals surface area contributed by atoms with Crippen molar-refractivity contribution in [2.24, 2.45) is 0 Å². The molecule has 2 nitrogen and oxygen atoms in total. The number of halogens is 2. The van der Waals surface area contributed by atoms with Crippen molar-refractivity contribution in [3.05, 3.63) is 59.5 Å². The van der Waals surface area contributed by atoms with Crippen LogP contribution in [0.25, 0.3) is 21.8 Å². The van der Waals surface area contributed by atoms with Gasteiger partial charge in [-0.25, -0.2) is 13.8 Å². The Morgan fingerprint density at radius 2 is 1.76 bits per heavy atom. The van der Waals surface area contributed by atoms with E-state index in [4.69, 9.17) is 4.74 Å². The normalized spacial score (nSPS) is 10.6. The first-order chi connectivity index (χ1) is 10.2. The monoisotopic (exact) mass is 303 g/mol. The number of hydrogen-bond acceptors (Lipinski definition) is 3. The van der Waals surface area contributed by atoms with E-state index in [1.165, 1.54) is 29.5 Å². The molecule has 0 bridgehead atoms. The van der Waals surface area contributed by atoms with Crippen LogP contribution >= 0.6 is 11.3 Å². The predicted octanol–water partition coefficient (Wildman–Crippen LogP) is 4.76. The van der Waals surface area contributed by atoms with E-state index < -0.39 is 11.6 Å². The van der Waals surface area contributed by atoms with Crippen molar-refractivity contribution in [3.63, 3.8) is 0 Å². The van der Waals surface area contributed by atoms with Gasteiger partial charge in [0.15, 0.2) is 0 Å². The first kappa shape index (κ1) is 13.7. The molecule has 0 aliphatic carbocycles. The Bertz CT molecular complexity index is 765. The minimum atomic E-state index is -0.613. The van der Waals surface area contributed by atoms with E-state index in [-0.39, 0.29) is 5.56 Å². The highest BCUT2D eigenvalue weighted by Crippen LogP contribution is 2.32. The lowest BCUT2D eigenvalue weighted by molar-refractivity contribution is 0.415. The number of benzene rings is 2. The average Bonchev–Trinajstić information content (AvgIpc) is 2.97. The van der Waals surface area contributed by atoms with Crippen molar-refractivity contribution in [1.29, 1.82) is 0 Å². The molecule has 0 saturated heterocycles. The van der Waals surface area contributed by atoms with Crippen LogP contribution in [-0.4, -0.2) is 12.1 Å². The molecule has 0 aliphatic heterocycles. The highest BCUT2D eigenvalue weighted by Gasteiger charge is 2.15. The number of nitrogens with zero attached hydrogens (tertiary/aromatic N) is 1. The summed E-state index contributed by atoms with van der Waals surface area (Å²) in [5.41, 5.74) is 1.05. The van der Waals surface area contributed by atoms with Crippen LogP contribution in [0.15, 0.2) is 47.8 Å². The zero-order chi connectivity index (χ0) is 14.8. The topological polar surface area (TPSA) is 22.1 Å². The molecule has 5 heteroatoms. The predicted molar refractivity (Wildman–Crippen MR) is 79.5 cm³/mol. The zero-order valence-corrected chi connectivity index (χ0v) is 12.0. The molecule has 106 valence electrons. The van der Waals surface area contributed by atoms with Crippen LogP contribution in [0.4, 0.5) is 8.78 Å². The number of ether oxygens (including phenoxy) is 1. The fraction of sp³-hybridized carbons (Fsp3) is 0.0625. The van der Waals surface area contributed by atoms with Crippen molar-refractivity contribution >= 4 is 11.3 Å². The number of aromatic nitrogens is 1. The third-order valence-electron chi connectivity index (χ3n) is 3.04. The van der Waals surface area contributed by atoms with Crippen molar-refractivity contribution in [2.75, 3.05) is 7.11 Å². The standard InChI is InChI=1S/C16H11F2NOS/c1-20-11-5-2-4-10(8-11)16-19-14(9-21-16)15-12(17)6-3-7-13(15)18/h2-9H,1H3. The molecule has 0 N–H and O–H groups in total. The van der Waals surface area contributed by atoms with Gasteiger partial charge < -0.3 is 4.74 Å². The van der Waals surface area contributed by atoms with E-state index in [1.54, 1.807) is 12.5 Å². The average molecular weight is 303 g/mol. The summed E-state index contributed by atoms with van der Waals surface area (Å²) in [5, 5.41) is 2.34. The van der Waals surface area contributed by atoms with Gasteiger partial charge in [0.05, 0.1) is 18.4 Å². The zero-order valence-electron chi connectivity index (χ0n) is 11.1. The van der Waals surface area contributed by atoms with E-state index in [0.717, 1.165) is 5.56 Å². The van der Waals surface area contributed by atoms with Crippen LogP contribution in [0.1, 0.15) is 0 Å². The van der Waals surface area contributed by atoms with E-state index in [0.29, 0.717) is 16.5 Å². The SMILES string of the molecule is COc1cccc(-c2nc(-c3c(F)cccc3F)cs2)c1. The van der Waals surface area contributed by atoms with Crippen LogP contribution in [0.2, 0.25) is 0 Å². The molecular weight excluding hydrogens is 292 g/mol. The molecule has 0 atom stereocenters. The summed E-state index contributed by atoms with van der Waals surface area (Å²) in [6, 6.07) is 11.2. The van der Waals surface area contributed by atoms with Crippen LogP contribution in [-0.2, 0) is 0 Å². The van der Waals surface area contributed by atoms with Crippen molar-refractivity contribution in [2.45, 2.75) is 0 Å². The first-order valence-electron chi connectivity index (χ1n) is 6.23. The minimum absolute atomic E-state index is 0.0945.